The Hall–Kier alpha value is -2.73. The summed E-state index contributed by atoms with van der Waals surface area (Å²) in [5.41, 5.74) is 3.36. The van der Waals surface area contributed by atoms with Crippen LogP contribution in [-0.4, -0.2) is 16.5 Å². The SMILES string of the molecule is C/C(=N/NC(=O)c1ccccc1[N+](=O)[O-])c1ccc(Cl)cc1. The third-order valence-electron chi connectivity index (χ3n) is 2.93. The van der Waals surface area contributed by atoms with Gasteiger partial charge in [0.1, 0.15) is 5.56 Å². The topological polar surface area (TPSA) is 84.6 Å². The number of rotatable bonds is 4. The van der Waals surface area contributed by atoms with Gasteiger partial charge in [0.15, 0.2) is 0 Å². The summed E-state index contributed by atoms with van der Waals surface area (Å²) in [5, 5.41) is 15.4. The van der Waals surface area contributed by atoms with Crippen LogP contribution in [0, 0.1) is 10.1 Å². The van der Waals surface area contributed by atoms with Crippen LogP contribution >= 0.6 is 11.6 Å². The highest BCUT2D eigenvalue weighted by atomic mass is 35.5. The molecule has 2 rings (SSSR count). The number of nitro benzene ring substituents is 1. The molecule has 2 aromatic carbocycles. The van der Waals surface area contributed by atoms with E-state index in [1.807, 2.05) is 0 Å². The van der Waals surface area contributed by atoms with E-state index in [0.717, 1.165) is 5.56 Å². The molecule has 112 valence electrons. The Balaban J connectivity index is 2.17. The lowest BCUT2D eigenvalue weighted by Crippen LogP contribution is -2.20. The lowest BCUT2D eigenvalue weighted by Gasteiger charge is -2.04. The van der Waals surface area contributed by atoms with Crippen molar-refractivity contribution in [2.45, 2.75) is 6.92 Å². The van der Waals surface area contributed by atoms with Gasteiger partial charge in [0.25, 0.3) is 11.6 Å². The number of carbonyl (C=O) groups excluding carboxylic acids is 1. The van der Waals surface area contributed by atoms with E-state index in [4.69, 9.17) is 11.6 Å². The average Bonchev–Trinajstić information content (AvgIpc) is 2.53. The molecule has 0 atom stereocenters. The van der Waals surface area contributed by atoms with Crippen molar-refractivity contribution in [3.63, 3.8) is 0 Å². The Kier molecular flexibility index (Phi) is 4.85. The number of nitro groups is 1. The molecule has 0 radical (unpaired) electrons. The Morgan fingerprint density at radius 2 is 1.82 bits per heavy atom. The molecule has 0 aliphatic rings. The maximum atomic E-state index is 12.0. The summed E-state index contributed by atoms with van der Waals surface area (Å²) in [6, 6.07) is 12.6. The van der Waals surface area contributed by atoms with E-state index in [1.165, 1.54) is 18.2 Å². The van der Waals surface area contributed by atoms with Gasteiger partial charge in [0, 0.05) is 11.1 Å². The van der Waals surface area contributed by atoms with Crippen LogP contribution in [0.5, 0.6) is 0 Å². The van der Waals surface area contributed by atoms with E-state index in [1.54, 1.807) is 37.3 Å². The smallest absolute Gasteiger partial charge is 0.267 e. The number of nitrogens with zero attached hydrogens (tertiary/aromatic N) is 2. The van der Waals surface area contributed by atoms with Gasteiger partial charge in [-0.15, -0.1) is 0 Å². The van der Waals surface area contributed by atoms with E-state index in [2.05, 4.69) is 10.5 Å². The molecule has 0 saturated heterocycles. The van der Waals surface area contributed by atoms with Crippen LogP contribution in [0.1, 0.15) is 22.8 Å². The van der Waals surface area contributed by atoms with Crippen molar-refractivity contribution >= 4 is 28.9 Å². The molecular formula is C15H12ClN3O3. The first-order valence-corrected chi connectivity index (χ1v) is 6.71. The third kappa shape index (κ3) is 3.67. The van der Waals surface area contributed by atoms with Gasteiger partial charge in [-0.2, -0.15) is 5.10 Å². The Labute approximate surface area is 131 Å². The molecule has 0 heterocycles. The number of hydrazone groups is 1. The van der Waals surface area contributed by atoms with Gasteiger partial charge < -0.3 is 0 Å². The highest BCUT2D eigenvalue weighted by Gasteiger charge is 2.18. The van der Waals surface area contributed by atoms with Gasteiger partial charge in [-0.1, -0.05) is 35.9 Å². The molecule has 0 aliphatic carbocycles. The zero-order chi connectivity index (χ0) is 16.1. The van der Waals surface area contributed by atoms with Crippen molar-refractivity contribution in [3.05, 3.63) is 74.8 Å². The number of hydrogen-bond donors (Lipinski definition) is 1. The van der Waals surface area contributed by atoms with E-state index in [0.29, 0.717) is 10.7 Å². The molecule has 0 spiro atoms. The van der Waals surface area contributed by atoms with Crippen LogP contribution in [0.25, 0.3) is 0 Å². The summed E-state index contributed by atoms with van der Waals surface area (Å²) in [5.74, 6) is -0.638. The predicted octanol–water partition coefficient (Wildman–Crippen LogP) is 3.40. The molecule has 0 saturated carbocycles. The quantitative estimate of drug-likeness (QED) is 0.533. The molecule has 0 aromatic heterocycles. The minimum atomic E-state index is -0.638. The van der Waals surface area contributed by atoms with Crippen LogP contribution in [0.2, 0.25) is 5.02 Å². The number of carbonyl (C=O) groups is 1. The molecule has 1 N–H and O–H groups in total. The van der Waals surface area contributed by atoms with Crippen LogP contribution < -0.4 is 5.43 Å². The molecule has 6 nitrogen and oxygen atoms in total. The van der Waals surface area contributed by atoms with Crippen molar-refractivity contribution in [3.8, 4) is 0 Å². The molecule has 7 heteroatoms. The van der Waals surface area contributed by atoms with Gasteiger partial charge in [0.2, 0.25) is 0 Å². The molecule has 0 aliphatic heterocycles. The van der Waals surface area contributed by atoms with Crippen molar-refractivity contribution in [1.29, 1.82) is 0 Å². The zero-order valence-electron chi connectivity index (χ0n) is 11.6. The van der Waals surface area contributed by atoms with Crippen molar-refractivity contribution in [1.82, 2.24) is 5.43 Å². The second-order valence-electron chi connectivity index (χ2n) is 4.42. The molecular weight excluding hydrogens is 306 g/mol. The summed E-state index contributed by atoms with van der Waals surface area (Å²) in [4.78, 5) is 22.3. The fourth-order valence-electron chi connectivity index (χ4n) is 1.78. The predicted molar refractivity (Wildman–Crippen MR) is 84.2 cm³/mol. The zero-order valence-corrected chi connectivity index (χ0v) is 12.4. The maximum absolute atomic E-state index is 12.0. The number of benzene rings is 2. The van der Waals surface area contributed by atoms with Gasteiger partial charge in [-0.05, 0) is 30.7 Å². The largest absolute Gasteiger partial charge is 0.282 e. The second-order valence-corrected chi connectivity index (χ2v) is 4.86. The molecule has 22 heavy (non-hydrogen) atoms. The van der Waals surface area contributed by atoms with Gasteiger partial charge in [0.05, 0.1) is 10.6 Å². The van der Waals surface area contributed by atoms with Gasteiger partial charge >= 0.3 is 0 Å². The number of hydrogen-bond acceptors (Lipinski definition) is 4. The molecule has 2 aromatic rings. The number of amides is 1. The van der Waals surface area contributed by atoms with E-state index in [-0.39, 0.29) is 11.3 Å². The molecule has 0 unspecified atom stereocenters. The molecule has 0 bridgehead atoms. The summed E-state index contributed by atoms with van der Waals surface area (Å²) in [6.45, 7) is 1.71. The summed E-state index contributed by atoms with van der Waals surface area (Å²) in [7, 11) is 0. The fourth-order valence-corrected chi connectivity index (χ4v) is 1.90. The maximum Gasteiger partial charge on any atom is 0.282 e. The third-order valence-corrected chi connectivity index (χ3v) is 3.18. The van der Waals surface area contributed by atoms with Crippen LogP contribution in [0.3, 0.4) is 0 Å². The Morgan fingerprint density at radius 3 is 2.45 bits per heavy atom. The standard InChI is InChI=1S/C15H12ClN3O3/c1-10(11-6-8-12(16)9-7-11)17-18-15(20)13-4-2-3-5-14(13)19(21)22/h2-9H,1H3,(H,18,20)/b17-10-. The monoisotopic (exact) mass is 317 g/mol. The Bertz CT molecular complexity index is 742. The van der Waals surface area contributed by atoms with E-state index >= 15 is 0 Å². The Morgan fingerprint density at radius 1 is 1.18 bits per heavy atom. The normalized spacial score (nSPS) is 11.1. The summed E-state index contributed by atoms with van der Waals surface area (Å²) in [6.07, 6.45) is 0. The van der Waals surface area contributed by atoms with Gasteiger partial charge in [-0.25, -0.2) is 5.43 Å². The number of nitrogens with one attached hydrogen (secondary N) is 1. The van der Waals surface area contributed by atoms with Crippen LogP contribution in [0.4, 0.5) is 5.69 Å². The summed E-state index contributed by atoms with van der Waals surface area (Å²) < 4.78 is 0. The first-order chi connectivity index (χ1) is 10.5. The van der Waals surface area contributed by atoms with Gasteiger partial charge in [-0.3, -0.25) is 14.9 Å². The number of para-hydroxylation sites is 1. The van der Waals surface area contributed by atoms with Crippen molar-refractivity contribution < 1.29 is 9.72 Å². The number of halogens is 1. The molecule has 0 fully saturated rings. The minimum Gasteiger partial charge on any atom is -0.267 e. The van der Waals surface area contributed by atoms with Crippen molar-refractivity contribution in [2.75, 3.05) is 0 Å². The van der Waals surface area contributed by atoms with Crippen LogP contribution in [-0.2, 0) is 0 Å². The lowest BCUT2D eigenvalue weighted by molar-refractivity contribution is -0.385. The lowest BCUT2D eigenvalue weighted by atomic mass is 10.1. The first-order valence-electron chi connectivity index (χ1n) is 6.33. The molecule has 1 amide bonds. The minimum absolute atomic E-state index is 0.0415. The van der Waals surface area contributed by atoms with Crippen LogP contribution in [0.15, 0.2) is 53.6 Å². The van der Waals surface area contributed by atoms with Crippen molar-refractivity contribution in [2.24, 2.45) is 5.10 Å². The highest BCUT2D eigenvalue weighted by molar-refractivity contribution is 6.30. The summed E-state index contributed by atoms with van der Waals surface area (Å²) >= 11 is 5.80. The first kappa shape index (κ1) is 15.7. The second kappa shape index (κ2) is 6.82. The van der Waals surface area contributed by atoms with E-state index in [9.17, 15) is 14.9 Å². The average molecular weight is 318 g/mol. The fraction of sp³-hybridized carbons (Fsp3) is 0.0667. The van der Waals surface area contributed by atoms with E-state index < -0.39 is 10.8 Å². The highest BCUT2D eigenvalue weighted by Crippen LogP contribution is 2.17.